The van der Waals surface area contributed by atoms with Gasteiger partial charge in [-0.05, 0) is 30.5 Å². The third-order valence-corrected chi connectivity index (χ3v) is 4.66. The van der Waals surface area contributed by atoms with Crippen LogP contribution in [0.1, 0.15) is 42.7 Å². The third kappa shape index (κ3) is 5.41. The highest BCUT2D eigenvalue weighted by molar-refractivity contribution is 6.04. The molecule has 0 N–H and O–H groups in total. The summed E-state index contributed by atoms with van der Waals surface area (Å²) in [4.78, 5) is 26.2. The topological polar surface area (TPSA) is 49.3 Å². The van der Waals surface area contributed by atoms with E-state index in [4.69, 9.17) is 0 Å². The van der Waals surface area contributed by atoms with Crippen molar-refractivity contribution in [3.8, 4) is 0 Å². The molecule has 0 aliphatic heterocycles. The normalized spacial score (nSPS) is 10.6. The molecule has 0 saturated carbocycles. The van der Waals surface area contributed by atoms with Crippen LogP contribution in [0.3, 0.4) is 0 Å². The average Bonchev–Trinajstić information content (AvgIpc) is 2.78. The fourth-order valence-electron chi connectivity index (χ4n) is 3.27. The van der Waals surface area contributed by atoms with Gasteiger partial charge in [0.2, 0.25) is 0 Å². The molecule has 29 heavy (non-hydrogen) atoms. The number of para-hydroxylation sites is 1. The lowest BCUT2D eigenvalue weighted by atomic mass is 10.2. The van der Waals surface area contributed by atoms with E-state index in [9.17, 15) is 4.79 Å². The van der Waals surface area contributed by atoms with E-state index in [0.717, 1.165) is 43.0 Å². The number of hydrogen-bond acceptors (Lipinski definition) is 4. The van der Waals surface area contributed by atoms with Gasteiger partial charge in [0.25, 0.3) is 5.91 Å². The highest BCUT2D eigenvalue weighted by atomic mass is 16.2. The van der Waals surface area contributed by atoms with E-state index in [1.54, 1.807) is 17.3 Å². The second-order valence-corrected chi connectivity index (χ2v) is 6.96. The number of benzene rings is 2. The van der Waals surface area contributed by atoms with Crippen LogP contribution >= 0.6 is 0 Å². The molecule has 0 bridgehead atoms. The average molecular weight is 389 g/mol. The lowest BCUT2D eigenvalue weighted by Gasteiger charge is -2.24. The zero-order valence-corrected chi connectivity index (χ0v) is 17.2. The van der Waals surface area contributed by atoms with E-state index in [2.05, 4.69) is 28.7 Å². The highest BCUT2D eigenvalue weighted by Gasteiger charge is 2.20. The fraction of sp³-hybridized carbons (Fsp3) is 0.292. The van der Waals surface area contributed by atoms with Gasteiger partial charge in [0.1, 0.15) is 11.5 Å². The molecular weight excluding hydrogens is 360 g/mol. The zero-order valence-electron chi connectivity index (χ0n) is 17.2. The maximum atomic E-state index is 13.3. The molecule has 150 valence electrons. The predicted molar refractivity (Wildman–Crippen MR) is 118 cm³/mol. The van der Waals surface area contributed by atoms with Gasteiger partial charge in [-0.3, -0.25) is 4.79 Å². The Labute approximate surface area is 173 Å². The Kier molecular flexibility index (Phi) is 7.34. The summed E-state index contributed by atoms with van der Waals surface area (Å²) in [5.41, 5.74) is 2.25. The molecular formula is C24H28N4O. The molecule has 5 nitrogen and oxygen atoms in total. The molecule has 1 amide bonds. The first-order valence-corrected chi connectivity index (χ1v) is 10.2. The number of carbonyl (C=O) groups is 1. The largest absolute Gasteiger partial charge is 0.355 e. The molecule has 3 rings (SSSR count). The van der Waals surface area contributed by atoms with Crippen molar-refractivity contribution < 1.29 is 4.79 Å². The minimum Gasteiger partial charge on any atom is -0.355 e. The van der Waals surface area contributed by atoms with Crippen LogP contribution in [0.15, 0.2) is 73.1 Å². The van der Waals surface area contributed by atoms with E-state index in [-0.39, 0.29) is 5.91 Å². The van der Waals surface area contributed by atoms with E-state index >= 15 is 0 Å². The van der Waals surface area contributed by atoms with Gasteiger partial charge in [-0.1, -0.05) is 62.4 Å². The number of anilines is 2. The van der Waals surface area contributed by atoms with Gasteiger partial charge >= 0.3 is 0 Å². The van der Waals surface area contributed by atoms with Crippen molar-refractivity contribution in [2.24, 2.45) is 0 Å². The maximum absolute atomic E-state index is 13.3. The standard InChI is InChI=1S/C24H28N4O/c1-3-15-27(16-4-2)23-18-25-22(17-26-23)24(29)28(21-13-9-6-10-14-21)19-20-11-7-5-8-12-20/h5-14,17-18H,3-4,15-16,19H2,1-2H3. The second-order valence-electron chi connectivity index (χ2n) is 6.96. The van der Waals surface area contributed by atoms with Crippen molar-refractivity contribution in [1.29, 1.82) is 0 Å². The van der Waals surface area contributed by atoms with Crippen molar-refractivity contribution in [2.75, 3.05) is 22.9 Å². The number of hydrogen-bond donors (Lipinski definition) is 0. The summed E-state index contributed by atoms with van der Waals surface area (Å²) >= 11 is 0. The molecule has 0 unspecified atom stereocenters. The van der Waals surface area contributed by atoms with Crippen molar-refractivity contribution in [1.82, 2.24) is 9.97 Å². The second kappa shape index (κ2) is 10.4. The Morgan fingerprint density at radius 1 is 0.828 bits per heavy atom. The summed E-state index contributed by atoms with van der Waals surface area (Å²) in [6.45, 7) is 6.63. The molecule has 2 aromatic carbocycles. The first-order chi connectivity index (χ1) is 14.2. The molecule has 1 heterocycles. The maximum Gasteiger partial charge on any atom is 0.278 e. The summed E-state index contributed by atoms with van der Waals surface area (Å²) in [5, 5.41) is 0. The molecule has 0 radical (unpaired) electrons. The molecule has 0 saturated heterocycles. The molecule has 0 atom stereocenters. The van der Waals surface area contributed by atoms with E-state index < -0.39 is 0 Å². The van der Waals surface area contributed by atoms with Crippen molar-refractivity contribution in [2.45, 2.75) is 33.2 Å². The van der Waals surface area contributed by atoms with E-state index in [1.807, 2.05) is 60.7 Å². The van der Waals surface area contributed by atoms with Crippen LogP contribution in [0.5, 0.6) is 0 Å². The van der Waals surface area contributed by atoms with Crippen LogP contribution in [-0.4, -0.2) is 29.0 Å². The Morgan fingerprint density at radius 2 is 1.45 bits per heavy atom. The smallest absolute Gasteiger partial charge is 0.278 e. The van der Waals surface area contributed by atoms with Crippen LogP contribution in [0, 0.1) is 0 Å². The van der Waals surface area contributed by atoms with E-state index in [0.29, 0.717) is 12.2 Å². The molecule has 5 heteroatoms. The monoisotopic (exact) mass is 388 g/mol. The number of rotatable bonds is 9. The molecule has 0 spiro atoms. The molecule has 3 aromatic rings. The Morgan fingerprint density at radius 3 is 2.00 bits per heavy atom. The quantitative estimate of drug-likeness (QED) is 0.520. The van der Waals surface area contributed by atoms with Crippen LogP contribution in [-0.2, 0) is 6.54 Å². The summed E-state index contributed by atoms with van der Waals surface area (Å²) in [6.07, 6.45) is 5.39. The van der Waals surface area contributed by atoms with Crippen LogP contribution in [0.2, 0.25) is 0 Å². The third-order valence-electron chi connectivity index (χ3n) is 4.66. The molecule has 0 aliphatic rings. The lowest BCUT2D eigenvalue weighted by Crippen LogP contribution is -2.31. The highest BCUT2D eigenvalue weighted by Crippen LogP contribution is 2.20. The lowest BCUT2D eigenvalue weighted by molar-refractivity contribution is 0.0980. The molecule has 0 fully saturated rings. The summed E-state index contributed by atoms with van der Waals surface area (Å²) < 4.78 is 0. The predicted octanol–water partition coefficient (Wildman–Crippen LogP) is 4.95. The minimum absolute atomic E-state index is 0.156. The van der Waals surface area contributed by atoms with Gasteiger partial charge in [-0.15, -0.1) is 0 Å². The van der Waals surface area contributed by atoms with Gasteiger partial charge < -0.3 is 9.80 Å². The van der Waals surface area contributed by atoms with Crippen molar-refractivity contribution in [3.63, 3.8) is 0 Å². The first kappa shape index (κ1) is 20.5. The number of aromatic nitrogens is 2. The zero-order chi connectivity index (χ0) is 20.5. The molecule has 0 aliphatic carbocycles. The number of nitrogens with zero attached hydrogens (tertiary/aromatic N) is 4. The Balaban J connectivity index is 1.85. The van der Waals surface area contributed by atoms with Crippen molar-refractivity contribution >= 4 is 17.4 Å². The van der Waals surface area contributed by atoms with Crippen LogP contribution in [0.25, 0.3) is 0 Å². The van der Waals surface area contributed by atoms with Gasteiger partial charge in [-0.25, -0.2) is 9.97 Å². The number of amides is 1. The fourth-order valence-corrected chi connectivity index (χ4v) is 3.27. The van der Waals surface area contributed by atoms with Gasteiger partial charge in [0, 0.05) is 18.8 Å². The van der Waals surface area contributed by atoms with Crippen LogP contribution < -0.4 is 9.80 Å². The Bertz CT molecular complexity index is 876. The van der Waals surface area contributed by atoms with Crippen molar-refractivity contribution in [3.05, 3.63) is 84.3 Å². The Hall–Kier alpha value is -3.21. The summed E-state index contributed by atoms with van der Waals surface area (Å²) in [6, 6.07) is 19.7. The SMILES string of the molecule is CCCN(CCC)c1cnc(C(=O)N(Cc2ccccc2)c2ccccc2)cn1. The van der Waals surface area contributed by atoms with Gasteiger partial charge in [-0.2, -0.15) is 0 Å². The van der Waals surface area contributed by atoms with Gasteiger partial charge in [0.15, 0.2) is 0 Å². The first-order valence-electron chi connectivity index (χ1n) is 10.2. The minimum atomic E-state index is -0.156. The number of carbonyl (C=O) groups excluding carboxylic acids is 1. The molecule has 1 aromatic heterocycles. The summed E-state index contributed by atoms with van der Waals surface area (Å²) in [7, 11) is 0. The van der Waals surface area contributed by atoms with E-state index in [1.165, 1.54) is 0 Å². The van der Waals surface area contributed by atoms with Crippen LogP contribution in [0.4, 0.5) is 11.5 Å². The van der Waals surface area contributed by atoms with Gasteiger partial charge in [0.05, 0.1) is 18.9 Å². The summed E-state index contributed by atoms with van der Waals surface area (Å²) in [5.74, 6) is 0.663.